The third-order valence-corrected chi connectivity index (χ3v) is 11.2. The Labute approximate surface area is 325 Å². The summed E-state index contributed by atoms with van der Waals surface area (Å²) < 4.78 is 64.8. The van der Waals surface area contributed by atoms with Crippen molar-refractivity contribution in [2.24, 2.45) is 0 Å². The Morgan fingerprint density at radius 3 is 1.04 bits per heavy atom. The molecular formula is C40H66N4O8S2. The number of benzene rings is 2. The van der Waals surface area contributed by atoms with Gasteiger partial charge in [-0.05, 0) is 74.2 Å². The van der Waals surface area contributed by atoms with Gasteiger partial charge in [0, 0.05) is 37.6 Å². The summed E-state index contributed by atoms with van der Waals surface area (Å²) in [6.45, 7) is 6.31. The number of hydrogen-bond acceptors (Lipinski definition) is 6. The van der Waals surface area contributed by atoms with Crippen molar-refractivity contribution in [1.29, 1.82) is 0 Å². The molecule has 54 heavy (non-hydrogen) atoms. The van der Waals surface area contributed by atoms with Crippen molar-refractivity contribution in [3.05, 3.63) is 48.5 Å². The highest BCUT2D eigenvalue weighted by molar-refractivity contribution is 7.86. The molecule has 0 aromatic heterocycles. The summed E-state index contributed by atoms with van der Waals surface area (Å²) in [7, 11) is -8.67. The van der Waals surface area contributed by atoms with Gasteiger partial charge in [0.05, 0.1) is 9.79 Å². The van der Waals surface area contributed by atoms with Gasteiger partial charge in [-0.25, -0.2) is 9.59 Å². The van der Waals surface area contributed by atoms with Crippen molar-refractivity contribution < 1.29 is 35.5 Å². The molecular weight excluding hydrogens is 729 g/mol. The molecule has 0 heterocycles. The second-order valence-corrected chi connectivity index (χ2v) is 16.9. The van der Waals surface area contributed by atoms with Gasteiger partial charge in [-0.15, -0.1) is 0 Å². The van der Waals surface area contributed by atoms with Crippen LogP contribution >= 0.6 is 0 Å². The SMILES string of the molecule is CCCCCCCCCCN(C(=O)NCCCCCCNC(=O)N(CCCCCCCCCC)c1ccc(S(=O)(=O)O)cc1)c1ccc(S(=O)(=O)O)cc1. The monoisotopic (exact) mass is 794 g/mol. The van der Waals surface area contributed by atoms with Crippen molar-refractivity contribution in [2.45, 2.75) is 152 Å². The van der Waals surface area contributed by atoms with Gasteiger partial charge in [0.25, 0.3) is 20.2 Å². The van der Waals surface area contributed by atoms with Gasteiger partial charge in [0.2, 0.25) is 0 Å². The molecule has 2 aromatic carbocycles. The van der Waals surface area contributed by atoms with Gasteiger partial charge in [-0.2, -0.15) is 16.8 Å². The number of carbonyl (C=O) groups is 2. The highest BCUT2D eigenvalue weighted by Crippen LogP contribution is 2.21. The molecule has 0 aliphatic heterocycles. The van der Waals surface area contributed by atoms with E-state index in [-0.39, 0.29) is 21.9 Å². The van der Waals surface area contributed by atoms with E-state index < -0.39 is 20.2 Å². The largest absolute Gasteiger partial charge is 0.338 e. The number of nitrogens with zero attached hydrogens (tertiary/aromatic N) is 2. The lowest BCUT2D eigenvalue weighted by atomic mass is 10.1. The van der Waals surface area contributed by atoms with Gasteiger partial charge in [-0.1, -0.05) is 117 Å². The summed E-state index contributed by atoms with van der Waals surface area (Å²) in [6, 6.07) is 10.8. The molecule has 0 saturated carbocycles. The highest BCUT2D eigenvalue weighted by atomic mass is 32.2. The minimum absolute atomic E-state index is 0.222. The van der Waals surface area contributed by atoms with Crippen LogP contribution in [0.15, 0.2) is 58.3 Å². The van der Waals surface area contributed by atoms with E-state index in [9.17, 15) is 35.5 Å². The topological polar surface area (TPSA) is 173 Å². The number of nitrogens with one attached hydrogen (secondary N) is 2. The van der Waals surface area contributed by atoms with Crippen molar-refractivity contribution in [2.75, 3.05) is 36.0 Å². The summed E-state index contributed by atoms with van der Waals surface area (Å²) in [4.78, 5) is 29.3. The standard InChI is InChI=1S/C40H66N4O8S2/c1-3-5-7-9-11-13-17-21-33-43(35-23-27-37(28-24-35)53(47,48)49)39(45)41-31-19-15-16-20-32-42-40(46)44(34-22-18-14-12-10-8-6-4-2)36-25-29-38(30-26-36)54(50,51)52/h23-30H,3-22,31-34H2,1-2H3,(H,41,45)(H,42,46)(H,47,48,49)(H,50,51,52). The molecule has 0 aliphatic rings. The fraction of sp³-hybridized carbons (Fsp3) is 0.650. The Bertz CT molecular complexity index is 1440. The van der Waals surface area contributed by atoms with Crippen molar-refractivity contribution in [3.8, 4) is 0 Å². The third kappa shape index (κ3) is 19.4. The number of urea groups is 2. The Balaban J connectivity index is 1.81. The lowest BCUT2D eigenvalue weighted by Gasteiger charge is -2.24. The lowest BCUT2D eigenvalue weighted by molar-refractivity contribution is 0.244. The first-order valence-corrected chi connectivity index (χ1v) is 23.0. The predicted molar refractivity (Wildman–Crippen MR) is 218 cm³/mol. The van der Waals surface area contributed by atoms with Crippen molar-refractivity contribution >= 4 is 43.7 Å². The van der Waals surface area contributed by atoms with E-state index in [1.807, 2.05) is 0 Å². The van der Waals surface area contributed by atoms with Crippen LogP contribution in [-0.4, -0.2) is 64.2 Å². The Hall–Kier alpha value is -3.20. The van der Waals surface area contributed by atoms with E-state index in [0.29, 0.717) is 37.6 Å². The first-order valence-electron chi connectivity index (χ1n) is 20.1. The van der Waals surface area contributed by atoms with Crippen LogP contribution in [-0.2, 0) is 20.2 Å². The number of anilines is 2. The molecule has 0 aliphatic carbocycles. The minimum atomic E-state index is -4.33. The van der Waals surface area contributed by atoms with Crippen LogP contribution in [0.4, 0.5) is 21.0 Å². The number of amides is 4. The van der Waals surface area contributed by atoms with Gasteiger partial charge in [-0.3, -0.25) is 18.9 Å². The van der Waals surface area contributed by atoms with E-state index >= 15 is 0 Å². The van der Waals surface area contributed by atoms with Gasteiger partial charge < -0.3 is 10.6 Å². The smallest absolute Gasteiger partial charge is 0.321 e. The Morgan fingerprint density at radius 1 is 0.463 bits per heavy atom. The normalized spacial score (nSPS) is 11.7. The fourth-order valence-corrected chi connectivity index (χ4v) is 7.24. The molecule has 14 heteroatoms. The fourth-order valence-electron chi connectivity index (χ4n) is 6.28. The van der Waals surface area contributed by atoms with Gasteiger partial charge in [0.1, 0.15) is 0 Å². The average Bonchev–Trinajstić information content (AvgIpc) is 3.14. The van der Waals surface area contributed by atoms with Crippen LogP contribution in [0.25, 0.3) is 0 Å². The molecule has 4 amide bonds. The number of hydrogen-bond donors (Lipinski definition) is 4. The van der Waals surface area contributed by atoms with E-state index in [4.69, 9.17) is 0 Å². The van der Waals surface area contributed by atoms with Crippen molar-refractivity contribution in [1.82, 2.24) is 10.6 Å². The summed E-state index contributed by atoms with van der Waals surface area (Å²) >= 11 is 0. The predicted octanol–water partition coefficient (Wildman–Crippen LogP) is 9.75. The first kappa shape index (κ1) is 47.0. The highest BCUT2D eigenvalue weighted by Gasteiger charge is 2.18. The molecule has 0 atom stereocenters. The van der Waals surface area contributed by atoms with Crippen LogP contribution in [0.2, 0.25) is 0 Å². The molecule has 0 unspecified atom stereocenters. The van der Waals surface area contributed by atoms with Gasteiger partial charge >= 0.3 is 12.1 Å². The van der Waals surface area contributed by atoms with E-state index in [1.165, 1.54) is 113 Å². The second-order valence-electron chi connectivity index (χ2n) is 14.1. The zero-order valence-electron chi connectivity index (χ0n) is 32.6. The lowest BCUT2D eigenvalue weighted by Crippen LogP contribution is -2.41. The summed E-state index contributed by atoms with van der Waals surface area (Å²) in [5, 5.41) is 5.97. The molecule has 4 N–H and O–H groups in total. The molecule has 0 fully saturated rings. The van der Waals surface area contributed by atoms with Crippen LogP contribution in [0, 0.1) is 0 Å². The summed E-state index contributed by atoms with van der Waals surface area (Å²) in [5.74, 6) is 0. The molecule has 2 aromatic rings. The summed E-state index contributed by atoms with van der Waals surface area (Å²) in [5.41, 5.74) is 1.12. The maximum atomic E-state index is 13.2. The quantitative estimate of drug-likeness (QED) is 0.0465. The van der Waals surface area contributed by atoms with Crippen molar-refractivity contribution in [3.63, 3.8) is 0 Å². The first-order chi connectivity index (χ1) is 25.9. The molecule has 2 rings (SSSR count). The van der Waals surface area contributed by atoms with Crippen LogP contribution in [0.3, 0.4) is 0 Å². The van der Waals surface area contributed by atoms with Crippen LogP contribution < -0.4 is 20.4 Å². The average molecular weight is 795 g/mol. The summed E-state index contributed by atoms with van der Waals surface area (Å²) in [6.07, 6.45) is 21.2. The van der Waals surface area contributed by atoms with Crippen LogP contribution in [0.5, 0.6) is 0 Å². The minimum Gasteiger partial charge on any atom is -0.338 e. The Kier molecular flexibility index (Phi) is 23.1. The maximum Gasteiger partial charge on any atom is 0.321 e. The molecule has 0 saturated heterocycles. The molecule has 0 spiro atoms. The number of carbonyl (C=O) groups excluding carboxylic acids is 2. The number of rotatable bonds is 29. The van der Waals surface area contributed by atoms with E-state index in [0.717, 1.165) is 64.2 Å². The Morgan fingerprint density at radius 2 is 0.741 bits per heavy atom. The zero-order chi connectivity index (χ0) is 39.7. The molecule has 0 radical (unpaired) electrons. The molecule has 0 bridgehead atoms. The molecule has 306 valence electrons. The van der Waals surface area contributed by atoms with E-state index in [2.05, 4.69) is 24.5 Å². The van der Waals surface area contributed by atoms with Crippen LogP contribution in [0.1, 0.15) is 142 Å². The molecule has 12 nitrogen and oxygen atoms in total. The number of unbranched alkanes of at least 4 members (excludes halogenated alkanes) is 17. The van der Waals surface area contributed by atoms with Gasteiger partial charge in [0.15, 0.2) is 0 Å². The second kappa shape index (κ2) is 26.6. The third-order valence-electron chi connectivity index (χ3n) is 9.51. The zero-order valence-corrected chi connectivity index (χ0v) is 34.3. The maximum absolute atomic E-state index is 13.2. The van der Waals surface area contributed by atoms with E-state index in [1.54, 1.807) is 9.80 Å².